The van der Waals surface area contributed by atoms with Crippen molar-refractivity contribution in [3.05, 3.63) is 45.4 Å². The van der Waals surface area contributed by atoms with Crippen molar-refractivity contribution in [1.82, 2.24) is 9.88 Å². The molecule has 1 aliphatic heterocycles. The molecule has 1 amide bonds. The smallest absolute Gasteiger partial charge is 0.266 e. The molecule has 1 saturated carbocycles. The van der Waals surface area contributed by atoms with Crippen LogP contribution in [0.15, 0.2) is 24.3 Å². The Morgan fingerprint density at radius 3 is 3.04 bits per heavy atom. The van der Waals surface area contributed by atoms with Crippen LogP contribution < -0.4 is 4.74 Å². The van der Waals surface area contributed by atoms with Gasteiger partial charge in [-0.05, 0) is 43.4 Å². The normalized spacial score (nSPS) is 20.2. The third-order valence-electron chi connectivity index (χ3n) is 5.01. The first-order valence-electron chi connectivity index (χ1n) is 9.15. The fraction of sp³-hybridized carbons (Fsp3) is 0.500. The van der Waals surface area contributed by atoms with E-state index in [0.29, 0.717) is 19.7 Å². The highest BCUT2D eigenvalue weighted by molar-refractivity contribution is 7.13. The minimum Gasteiger partial charge on any atom is -0.497 e. The highest BCUT2D eigenvalue weighted by Gasteiger charge is 2.30. The average molecular weight is 372 g/mol. The number of thiazole rings is 1. The molecule has 0 spiro atoms. The van der Waals surface area contributed by atoms with E-state index in [1.807, 2.05) is 36.1 Å². The van der Waals surface area contributed by atoms with Crippen LogP contribution in [0.25, 0.3) is 0 Å². The predicted octanol–water partition coefficient (Wildman–Crippen LogP) is 3.63. The maximum Gasteiger partial charge on any atom is 0.266 e. The Labute approximate surface area is 157 Å². The van der Waals surface area contributed by atoms with E-state index in [2.05, 4.69) is 4.98 Å². The van der Waals surface area contributed by atoms with Gasteiger partial charge in [-0.2, -0.15) is 0 Å². The predicted molar refractivity (Wildman–Crippen MR) is 101 cm³/mol. The molecule has 0 bridgehead atoms. The number of nitrogens with zero attached hydrogens (tertiary/aromatic N) is 2. The summed E-state index contributed by atoms with van der Waals surface area (Å²) in [6.07, 6.45) is 3.50. The number of ether oxygens (including phenoxy) is 2. The van der Waals surface area contributed by atoms with Gasteiger partial charge in [-0.15, -0.1) is 11.3 Å². The SMILES string of the molecule is COc1cccc(C2CN(C(=O)c3sc(CC4CC4)nc3C)CCO2)c1. The summed E-state index contributed by atoms with van der Waals surface area (Å²) in [5, 5.41) is 1.10. The molecular weight excluding hydrogens is 348 g/mol. The molecule has 1 aliphatic carbocycles. The standard InChI is InChI=1S/C20H24N2O3S/c1-13-19(26-18(21-13)10-14-6-7-14)20(23)22-8-9-25-17(12-22)15-4-3-5-16(11-15)24-2/h3-5,11,14,17H,6-10,12H2,1-2H3. The minimum absolute atomic E-state index is 0.0817. The van der Waals surface area contributed by atoms with Crippen molar-refractivity contribution >= 4 is 17.2 Å². The van der Waals surface area contributed by atoms with Crippen LogP contribution in [0.3, 0.4) is 0 Å². The fourth-order valence-electron chi connectivity index (χ4n) is 3.33. The van der Waals surface area contributed by atoms with Crippen molar-refractivity contribution in [2.75, 3.05) is 26.8 Å². The maximum atomic E-state index is 13.1. The van der Waals surface area contributed by atoms with Crippen molar-refractivity contribution in [1.29, 1.82) is 0 Å². The molecule has 2 aromatic rings. The van der Waals surface area contributed by atoms with Gasteiger partial charge in [0.1, 0.15) is 16.7 Å². The van der Waals surface area contributed by atoms with Gasteiger partial charge in [-0.1, -0.05) is 12.1 Å². The first kappa shape index (κ1) is 17.5. The molecule has 1 aromatic carbocycles. The third-order valence-corrected chi connectivity index (χ3v) is 6.18. The lowest BCUT2D eigenvalue weighted by Crippen LogP contribution is -2.42. The van der Waals surface area contributed by atoms with Crippen LogP contribution in [-0.2, 0) is 11.2 Å². The number of benzene rings is 1. The largest absolute Gasteiger partial charge is 0.497 e. The van der Waals surface area contributed by atoms with Gasteiger partial charge in [0, 0.05) is 13.0 Å². The van der Waals surface area contributed by atoms with Crippen LogP contribution in [0.4, 0.5) is 0 Å². The summed E-state index contributed by atoms with van der Waals surface area (Å²) in [5.74, 6) is 1.67. The Balaban J connectivity index is 1.48. The molecule has 0 N–H and O–H groups in total. The van der Waals surface area contributed by atoms with Crippen LogP contribution in [-0.4, -0.2) is 42.6 Å². The van der Waals surface area contributed by atoms with Gasteiger partial charge in [0.05, 0.1) is 31.0 Å². The molecule has 6 heteroatoms. The Hall–Kier alpha value is -1.92. The molecule has 1 saturated heterocycles. The second-order valence-corrected chi connectivity index (χ2v) is 8.14. The Morgan fingerprint density at radius 2 is 2.27 bits per heavy atom. The second kappa shape index (κ2) is 7.37. The summed E-state index contributed by atoms with van der Waals surface area (Å²) in [6.45, 7) is 3.66. The minimum atomic E-state index is -0.123. The number of carbonyl (C=O) groups excluding carboxylic acids is 1. The van der Waals surface area contributed by atoms with Crippen molar-refractivity contribution in [3.63, 3.8) is 0 Å². The van der Waals surface area contributed by atoms with Gasteiger partial charge in [0.25, 0.3) is 5.91 Å². The summed E-state index contributed by atoms with van der Waals surface area (Å²) in [6, 6.07) is 7.87. The van der Waals surface area contributed by atoms with E-state index < -0.39 is 0 Å². The zero-order chi connectivity index (χ0) is 18.1. The summed E-state index contributed by atoms with van der Waals surface area (Å²) >= 11 is 1.57. The van der Waals surface area contributed by atoms with Crippen LogP contribution in [0.1, 0.15) is 44.9 Å². The number of aromatic nitrogens is 1. The average Bonchev–Trinajstić information content (AvgIpc) is 3.41. The molecule has 5 nitrogen and oxygen atoms in total. The number of methoxy groups -OCH3 is 1. The van der Waals surface area contributed by atoms with Gasteiger partial charge in [0.2, 0.25) is 0 Å². The summed E-state index contributed by atoms with van der Waals surface area (Å²) in [7, 11) is 1.66. The van der Waals surface area contributed by atoms with E-state index in [-0.39, 0.29) is 12.0 Å². The van der Waals surface area contributed by atoms with E-state index in [9.17, 15) is 4.79 Å². The van der Waals surface area contributed by atoms with Gasteiger partial charge in [-0.3, -0.25) is 4.79 Å². The van der Waals surface area contributed by atoms with E-state index in [4.69, 9.17) is 9.47 Å². The van der Waals surface area contributed by atoms with Crippen molar-refractivity contribution in [2.45, 2.75) is 32.3 Å². The number of amides is 1. The number of carbonyl (C=O) groups is 1. The Kier molecular flexibility index (Phi) is 4.96. The van der Waals surface area contributed by atoms with E-state index in [1.165, 1.54) is 12.8 Å². The molecule has 2 aliphatic rings. The van der Waals surface area contributed by atoms with Crippen LogP contribution in [0.2, 0.25) is 0 Å². The molecule has 1 atom stereocenters. The van der Waals surface area contributed by atoms with Crippen molar-refractivity contribution in [3.8, 4) is 5.75 Å². The van der Waals surface area contributed by atoms with Crippen LogP contribution >= 0.6 is 11.3 Å². The molecule has 4 rings (SSSR count). The molecule has 26 heavy (non-hydrogen) atoms. The number of hydrogen-bond donors (Lipinski definition) is 0. The topological polar surface area (TPSA) is 51.7 Å². The Morgan fingerprint density at radius 1 is 1.42 bits per heavy atom. The van der Waals surface area contributed by atoms with Crippen molar-refractivity contribution in [2.24, 2.45) is 5.92 Å². The van der Waals surface area contributed by atoms with Gasteiger partial charge < -0.3 is 14.4 Å². The monoisotopic (exact) mass is 372 g/mol. The molecule has 1 unspecified atom stereocenters. The quantitative estimate of drug-likeness (QED) is 0.804. The van der Waals surface area contributed by atoms with E-state index in [1.54, 1.807) is 18.4 Å². The molecular formula is C20H24N2O3S. The molecule has 138 valence electrons. The molecule has 2 heterocycles. The van der Waals surface area contributed by atoms with Crippen LogP contribution in [0.5, 0.6) is 5.75 Å². The summed E-state index contributed by atoms with van der Waals surface area (Å²) < 4.78 is 11.2. The second-order valence-electron chi connectivity index (χ2n) is 7.06. The summed E-state index contributed by atoms with van der Waals surface area (Å²) in [5.41, 5.74) is 1.90. The highest BCUT2D eigenvalue weighted by atomic mass is 32.1. The van der Waals surface area contributed by atoms with E-state index in [0.717, 1.165) is 39.2 Å². The lowest BCUT2D eigenvalue weighted by Gasteiger charge is -2.33. The molecule has 1 aromatic heterocycles. The zero-order valence-corrected chi connectivity index (χ0v) is 16.1. The number of hydrogen-bond acceptors (Lipinski definition) is 5. The van der Waals surface area contributed by atoms with Gasteiger partial charge in [0.15, 0.2) is 0 Å². The lowest BCUT2D eigenvalue weighted by atomic mass is 10.1. The lowest BCUT2D eigenvalue weighted by molar-refractivity contribution is -0.0227. The maximum absolute atomic E-state index is 13.1. The zero-order valence-electron chi connectivity index (χ0n) is 15.2. The molecule has 0 radical (unpaired) electrons. The first-order chi connectivity index (χ1) is 12.6. The highest BCUT2D eigenvalue weighted by Crippen LogP contribution is 2.35. The third kappa shape index (κ3) is 3.76. The summed E-state index contributed by atoms with van der Waals surface area (Å²) in [4.78, 5) is 20.4. The fourth-order valence-corrected chi connectivity index (χ4v) is 4.47. The van der Waals surface area contributed by atoms with Gasteiger partial charge >= 0.3 is 0 Å². The van der Waals surface area contributed by atoms with Gasteiger partial charge in [-0.25, -0.2) is 4.98 Å². The van der Waals surface area contributed by atoms with E-state index >= 15 is 0 Å². The number of rotatable bonds is 5. The first-order valence-corrected chi connectivity index (χ1v) is 9.97. The van der Waals surface area contributed by atoms with Crippen molar-refractivity contribution < 1.29 is 14.3 Å². The number of aryl methyl sites for hydroxylation is 1. The Bertz CT molecular complexity index is 800. The number of morpholine rings is 1. The molecule has 2 fully saturated rings. The van der Waals surface area contributed by atoms with Crippen LogP contribution in [0, 0.1) is 12.8 Å².